The number of ether oxygens (including phenoxy) is 1. The third-order valence-corrected chi connectivity index (χ3v) is 4.87. The van der Waals surface area contributed by atoms with Crippen molar-refractivity contribution in [1.82, 2.24) is 5.32 Å². The molecular weight excluding hydrogens is 314 g/mol. The molecule has 0 unspecified atom stereocenters. The van der Waals surface area contributed by atoms with Crippen molar-refractivity contribution in [2.24, 2.45) is 0 Å². The summed E-state index contributed by atoms with van der Waals surface area (Å²) in [4.78, 5) is 12.9. The van der Waals surface area contributed by atoms with Crippen LogP contribution in [-0.2, 0) is 17.8 Å². The van der Waals surface area contributed by atoms with Crippen molar-refractivity contribution in [3.8, 4) is 0 Å². The molecule has 128 valence electrons. The maximum absolute atomic E-state index is 12.9. The van der Waals surface area contributed by atoms with Crippen molar-refractivity contribution in [2.75, 3.05) is 7.11 Å². The number of para-hydroxylation sites is 1. The van der Waals surface area contributed by atoms with Gasteiger partial charge in [-0.25, -0.2) is 0 Å². The Bertz CT molecular complexity index is 912. The van der Waals surface area contributed by atoms with E-state index in [1.165, 1.54) is 11.1 Å². The van der Waals surface area contributed by atoms with Gasteiger partial charge in [-0.2, -0.15) is 0 Å². The molecule has 0 saturated heterocycles. The summed E-state index contributed by atoms with van der Waals surface area (Å²) in [5, 5.41) is 4.09. The standard InChI is InChI=1S/C21H21NO3/c1-24-13-17-16-10-4-5-12-19(16)25-20(17)21(23)22-18-11-6-8-14-7-2-3-9-15(14)18/h2-5,7,9-10,12,18H,6,8,11,13H2,1H3,(H,22,23)/t18-/m0/s1. The second-order valence-corrected chi connectivity index (χ2v) is 6.46. The summed E-state index contributed by atoms with van der Waals surface area (Å²) in [6, 6.07) is 16.0. The SMILES string of the molecule is COCc1c(C(=O)N[C@H]2CCCc3ccccc32)oc2ccccc12. The molecule has 4 heteroatoms. The second kappa shape index (κ2) is 6.73. The maximum atomic E-state index is 12.9. The second-order valence-electron chi connectivity index (χ2n) is 6.46. The number of nitrogens with one attached hydrogen (secondary N) is 1. The first-order valence-electron chi connectivity index (χ1n) is 8.66. The first-order chi connectivity index (χ1) is 12.3. The van der Waals surface area contributed by atoms with E-state index < -0.39 is 0 Å². The average molecular weight is 335 g/mol. The van der Waals surface area contributed by atoms with Crippen molar-refractivity contribution >= 4 is 16.9 Å². The lowest BCUT2D eigenvalue weighted by Gasteiger charge is -2.26. The normalized spacial score (nSPS) is 16.6. The number of carbonyl (C=O) groups excluding carboxylic acids is 1. The lowest BCUT2D eigenvalue weighted by molar-refractivity contribution is 0.0900. The zero-order valence-corrected chi connectivity index (χ0v) is 14.2. The van der Waals surface area contributed by atoms with Gasteiger partial charge in [-0.15, -0.1) is 0 Å². The van der Waals surface area contributed by atoms with Gasteiger partial charge in [-0.05, 0) is 36.5 Å². The summed E-state index contributed by atoms with van der Waals surface area (Å²) in [5.41, 5.74) is 4.05. The highest BCUT2D eigenvalue weighted by molar-refractivity contribution is 5.99. The fraction of sp³-hybridized carbons (Fsp3) is 0.286. The first kappa shape index (κ1) is 15.9. The lowest BCUT2D eigenvalue weighted by Crippen LogP contribution is -2.31. The fourth-order valence-electron chi connectivity index (χ4n) is 3.70. The monoisotopic (exact) mass is 335 g/mol. The number of aryl methyl sites for hydroxylation is 1. The van der Waals surface area contributed by atoms with Crippen LogP contribution < -0.4 is 5.32 Å². The Kier molecular flexibility index (Phi) is 4.28. The smallest absolute Gasteiger partial charge is 0.287 e. The zero-order chi connectivity index (χ0) is 17.2. The fourth-order valence-corrected chi connectivity index (χ4v) is 3.70. The van der Waals surface area contributed by atoms with Crippen molar-refractivity contribution in [1.29, 1.82) is 0 Å². The van der Waals surface area contributed by atoms with E-state index in [1.807, 2.05) is 30.3 Å². The first-order valence-corrected chi connectivity index (χ1v) is 8.66. The molecular formula is C21H21NO3. The molecule has 0 saturated carbocycles. The largest absolute Gasteiger partial charge is 0.451 e. The Balaban J connectivity index is 1.66. The Morgan fingerprint density at radius 3 is 2.88 bits per heavy atom. The number of benzene rings is 2. The summed E-state index contributed by atoms with van der Waals surface area (Å²) in [6.45, 7) is 0.348. The van der Waals surface area contributed by atoms with Crippen LogP contribution in [0.4, 0.5) is 0 Å². The van der Waals surface area contributed by atoms with E-state index in [9.17, 15) is 4.79 Å². The summed E-state index contributed by atoms with van der Waals surface area (Å²) < 4.78 is 11.1. The molecule has 0 aliphatic heterocycles. The van der Waals surface area contributed by atoms with Crippen LogP contribution in [0.2, 0.25) is 0 Å². The third kappa shape index (κ3) is 2.94. The van der Waals surface area contributed by atoms with Gasteiger partial charge in [0.25, 0.3) is 5.91 Å². The van der Waals surface area contributed by atoms with Crippen LogP contribution in [0.3, 0.4) is 0 Å². The zero-order valence-electron chi connectivity index (χ0n) is 14.2. The minimum Gasteiger partial charge on any atom is -0.451 e. The van der Waals surface area contributed by atoms with E-state index in [-0.39, 0.29) is 11.9 Å². The van der Waals surface area contributed by atoms with Gasteiger partial charge in [0.15, 0.2) is 5.76 Å². The van der Waals surface area contributed by atoms with Gasteiger partial charge in [0, 0.05) is 18.1 Å². The molecule has 0 radical (unpaired) electrons. The minimum absolute atomic E-state index is 0.0288. The van der Waals surface area contributed by atoms with Crippen molar-refractivity contribution in [3.05, 3.63) is 71.0 Å². The molecule has 2 aromatic carbocycles. The van der Waals surface area contributed by atoms with E-state index >= 15 is 0 Å². The number of hydrogen-bond acceptors (Lipinski definition) is 3. The van der Waals surface area contributed by atoms with Crippen molar-refractivity contribution < 1.29 is 13.9 Å². The molecule has 1 amide bonds. The van der Waals surface area contributed by atoms with Gasteiger partial charge in [0.2, 0.25) is 0 Å². The summed E-state index contributed by atoms with van der Waals surface area (Å²) >= 11 is 0. The van der Waals surface area contributed by atoms with E-state index in [0.717, 1.165) is 30.2 Å². The molecule has 1 atom stereocenters. The molecule has 3 aromatic rings. The molecule has 0 fully saturated rings. The highest BCUT2D eigenvalue weighted by atomic mass is 16.5. The van der Waals surface area contributed by atoms with Crippen LogP contribution in [0.25, 0.3) is 11.0 Å². The van der Waals surface area contributed by atoms with Gasteiger partial charge in [-0.1, -0.05) is 42.5 Å². The maximum Gasteiger partial charge on any atom is 0.287 e. The van der Waals surface area contributed by atoms with E-state index in [1.54, 1.807) is 7.11 Å². The van der Waals surface area contributed by atoms with Crippen LogP contribution in [0.5, 0.6) is 0 Å². The predicted octanol–water partition coefficient (Wildman–Crippen LogP) is 4.39. The molecule has 1 aliphatic carbocycles. The van der Waals surface area contributed by atoms with Crippen molar-refractivity contribution in [2.45, 2.75) is 31.9 Å². The quantitative estimate of drug-likeness (QED) is 0.769. The minimum atomic E-state index is -0.176. The topological polar surface area (TPSA) is 51.5 Å². The van der Waals surface area contributed by atoms with E-state index in [0.29, 0.717) is 18.0 Å². The van der Waals surface area contributed by atoms with E-state index in [2.05, 4.69) is 23.5 Å². The van der Waals surface area contributed by atoms with Gasteiger partial charge < -0.3 is 14.5 Å². The summed E-state index contributed by atoms with van der Waals surface area (Å²) in [5.74, 6) is 0.177. The van der Waals surface area contributed by atoms with Crippen LogP contribution >= 0.6 is 0 Å². The number of amides is 1. The molecule has 25 heavy (non-hydrogen) atoms. The highest BCUT2D eigenvalue weighted by Gasteiger charge is 2.26. The van der Waals surface area contributed by atoms with Crippen molar-refractivity contribution in [3.63, 3.8) is 0 Å². The number of hydrogen-bond donors (Lipinski definition) is 1. The van der Waals surface area contributed by atoms with Crippen LogP contribution in [0.15, 0.2) is 52.9 Å². The summed E-state index contributed by atoms with van der Waals surface area (Å²) in [6.07, 6.45) is 3.09. The molecule has 1 N–H and O–H groups in total. The highest BCUT2D eigenvalue weighted by Crippen LogP contribution is 2.31. The number of furan rings is 1. The van der Waals surface area contributed by atoms with E-state index in [4.69, 9.17) is 9.15 Å². The number of fused-ring (bicyclic) bond motifs is 2. The van der Waals surface area contributed by atoms with Gasteiger partial charge in [0.1, 0.15) is 5.58 Å². The molecule has 0 bridgehead atoms. The molecule has 1 aliphatic rings. The van der Waals surface area contributed by atoms with Gasteiger partial charge >= 0.3 is 0 Å². The Hall–Kier alpha value is -2.59. The van der Waals surface area contributed by atoms with Crippen LogP contribution in [0, 0.1) is 0 Å². The number of rotatable bonds is 4. The Morgan fingerprint density at radius 1 is 1.20 bits per heavy atom. The predicted molar refractivity (Wildman–Crippen MR) is 96.5 cm³/mol. The average Bonchev–Trinajstić information content (AvgIpc) is 3.01. The van der Waals surface area contributed by atoms with Crippen LogP contribution in [-0.4, -0.2) is 13.0 Å². The molecule has 4 rings (SSSR count). The Morgan fingerprint density at radius 2 is 2.00 bits per heavy atom. The molecule has 0 spiro atoms. The number of carbonyl (C=O) groups is 1. The molecule has 1 heterocycles. The third-order valence-electron chi connectivity index (χ3n) is 4.87. The molecule has 4 nitrogen and oxygen atoms in total. The lowest BCUT2D eigenvalue weighted by atomic mass is 9.87. The Labute approximate surface area is 146 Å². The molecule has 1 aromatic heterocycles. The summed E-state index contributed by atoms with van der Waals surface area (Å²) in [7, 11) is 1.63. The van der Waals surface area contributed by atoms with Gasteiger partial charge in [-0.3, -0.25) is 4.79 Å². The van der Waals surface area contributed by atoms with Gasteiger partial charge in [0.05, 0.1) is 12.6 Å². The number of methoxy groups -OCH3 is 1. The van der Waals surface area contributed by atoms with Crippen LogP contribution in [0.1, 0.15) is 46.1 Å².